The van der Waals surface area contributed by atoms with Gasteiger partial charge >= 0.3 is 0 Å². The van der Waals surface area contributed by atoms with E-state index in [1.807, 2.05) is 37.3 Å². The first-order valence-corrected chi connectivity index (χ1v) is 10.4. The molecule has 162 valence electrons. The standard InChI is InChI=1S/C26H22FNO4/c1-16-11-22-20(14-28(15-31-22)13-17-7-9-19(27)10-8-17)26-24(16)25(29)23(32-26)12-18-5-3-4-6-21(18)30-2/h3-12H,13-15H2,1-2H3/b23-12-. The van der Waals surface area contributed by atoms with Gasteiger partial charge in [-0.15, -0.1) is 0 Å². The van der Waals surface area contributed by atoms with Crippen molar-refractivity contribution in [3.8, 4) is 17.2 Å². The average molecular weight is 431 g/mol. The maximum atomic E-state index is 13.2. The second-order valence-electron chi connectivity index (χ2n) is 7.94. The zero-order chi connectivity index (χ0) is 22.2. The van der Waals surface area contributed by atoms with Gasteiger partial charge in [-0.25, -0.2) is 4.39 Å². The van der Waals surface area contributed by atoms with Gasteiger partial charge in [0.2, 0.25) is 5.78 Å². The highest BCUT2D eigenvalue weighted by Crippen LogP contribution is 2.44. The van der Waals surface area contributed by atoms with Crippen molar-refractivity contribution in [3.05, 3.63) is 94.0 Å². The topological polar surface area (TPSA) is 48.0 Å². The van der Waals surface area contributed by atoms with Crippen LogP contribution in [0.25, 0.3) is 6.08 Å². The number of benzene rings is 3. The molecule has 5 nitrogen and oxygen atoms in total. The molecule has 0 unspecified atom stereocenters. The van der Waals surface area contributed by atoms with Gasteiger partial charge in [-0.2, -0.15) is 0 Å². The Kier molecular flexibility index (Phi) is 5.15. The molecule has 0 spiro atoms. The normalized spacial score (nSPS) is 16.3. The van der Waals surface area contributed by atoms with Crippen LogP contribution >= 0.6 is 0 Å². The third kappa shape index (κ3) is 3.63. The fraction of sp³-hybridized carbons (Fsp3) is 0.192. The number of halogens is 1. The van der Waals surface area contributed by atoms with Crippen LogP contribution in [0.15, 0.2) is 60.4 Å². The Morgan fingerprint density at radius 1 is 1.16 bits per heavy atom. The molecule has 0 aliphatic carbocycles. The molecular formula is C26H22FNO4. The Morgan fingerprint density at radius 3 is 2.72 bits per heavy atom. The van der Waals surface area contributed by atoms with Crippen LogP contribution in [0.1, 0.15) is 32.6 Å². The number of para-hydroxylation sites is 1. The summed E-state index contributed by atoms with van der Waals surface area (Å²) in [5.41, 5.74) is 3.98. The van der Waals surface area contributed by atoms with Gasteiger partial charge in [0.25, 0.3) is 0 Å². The Morgan fingerprint density at radius 2 is 1.94 bits per heavy atom. The van der Waals surface area contributed by atoms with Crippen LogP contribution in [-0.4, -0.2) is 24.5 Å². The van der Waals surface area contributed by atoms with Gasteiger partial charge < -0.3 is 14.2 Å². The first-order valence-electron chi connectivity index (χ1n) is 10.4. The van der Waals surface area contributed by atoms with E-state index in [0.29, 0.717) is 36.9 Å². The Balaban J connectivity index is 1.47. The van der Waals surface area contributed by atoms with Crippen molar-refractivity contribution in [1.82, 2.24) is 4.90 Å². The number of hydrogen-bond donors (Lipinski definition) is 0. The van der Waals surface area contributed by atoms with E-state index >= 15 is 0 Å². The summed E-state index contributed by atoms with van der Waals surface area (Å²) in [6.07, 6.45) is 1.72. The van der Waals surface area contributed by atoms with Gasteiger partial charge in [-0.05, 0) is 48.4 Å². The SMILES string of the molecule is COc1ccccc1/C=C1\Oc2c3c(cc(C)c2C1=O)OCN(Cc1ccc(F)cc1)C3. The maximum Gasteiger partial charge on any atom is 0.232 e. The van der Waals surface area contributed by atoms with Gasteiger partial charge in [-0.3, -0.25) is 9.69 Å². The minimum absolute atomic E-state index is 0.151. The number of fused-ring (bicyclic) bond motifs is 3. The Bertz CT molecular complexity index is 1230. The lowest BCUT2D eigenvalue weighted by Crippen LogP contribution is -2.31. The van der Waals surface area contributed by atoms with Crippen LogP contribution in [0.5, 0.6) is 17.2 Å². The molecule has 3 aromatic rings. The molecule has 0 saturated heterocycles. The smallest absolute Gasteiger partial charge is 0.232 e. The quantitative estimate of drug-likeness (QED) is 0.537. The lowest BCUT2D eigenvalue weighted by molar-refractivity contribution is 0.0872. The minimum atomic E-state index is -0.261. The summed E-state index contributed by atoms with van der Waals surface area (Å²) in [5, 5.41) is 0. The molecule has 2 aliphatic rings. The lowest BCUT2D eigenvalue weighted by Gasteiger charge is -2.30. The van der Waals surface area contributed by atoms with E-state index in [0.717, 1.165) is 28.0 Å². The second kappa shape index (κ2) is 8.13. The molecule has 2 heterocycles. The highest BCUT2D eigenvalue weighted by molar-refractivity contribution is 6.16. The summed E-state index contributed by atoms with van der Waals surface area (Å²) in [7, 11) is 1.59. The largest absolute Gasteiger partial charge is 0.496 e. The average Bonchev–Trinajstić information content (AvgIpc) is 3.13. The molecule has 0 N–H and O–H groups in total. The Hall–Kier alpha value is -3.64. The molecule has 5 rings (SSSR count). The number of allylic oxidation sites excluding steroid dienone is 1. The van der Waals surface area contributed by atoms with Crippen molar-refractivity contribution in [1.29, 1.82) is 0 Å². The van der Waals surface area contributed by atoms with Crippen molar-refractivity contribution in [2.45, 2.75) is 20.0 Å². The molecule has 0 atom stereocenters. The minimum Gasteiger partial charge on any atom is -0.496 e. The number of aryl methyl sites for hydroxylation is 1. The maximum absolute atomic E-state index is 13.2. The van der Waals surface area contributed by atoms with E-state index in [-0.39, 0.29) is 17.4 Å². The number of methoxy groups -OCH3 is 1. The van der Waals surface area contributed by atoms with Gasteiger partial charge in [0.1, 0.15) is 29.8 Å². The lowest BCUT2D eigenvalue weighted by atomic mass is 9.98. The first kappa shape index (κ1) is 20.3. The summed E-state index contributed by atoms with van der Waals surface area (Å²) in [6.45, 7) is 3.45. The van der Waals surface area contributed by atoms with Gasteiger partial charge in [-0.1, -0.05) is 30.3 Å². The van der Waals surface area contributed by atoms with Crippen molar-refractivity contribution in [2.24, 2.45) is 0 Å². The van der Waals surface area contributed by atoms with Crippen LogP contribution in [0, 0.1) is 12.7 Å². The fourth-order valence-electron chi connectivity index (χ4n) is 4.15. The van der Waals surface area contributed by atoms with Crippen molar-refractivity contribution in [3.63, 3.8) is 0 Å². The van der Waals surface area contributed by atoms with Gasteiger partial charge in [0, 0.05) is 18.7 Å². The molecule has 6 heteroatoms. The van der Waals surface area contributed by atoms with E-state index in [1.54, 1.807) is 25.3 Å². The number of carbonyl (C=O) groups excluding carboxylic acids is 1. The molecule has 0 aromatic heterocycles. The second-order valence-corrected chi connectivity index (χ2v) is 7.94. The van der Waals surface area contributed by atoms with Crippen LogP contribution in [0.3, 0.4) is 0 Å². The van der Waals surface area contributed by atoms with E-state index in [9.17, 15) is 9.18 Å². The third-order valence-corrected chi connectivity index (χ3v) is 5.73. The predicted molar refractivity (Wildman–Crippen MR) is 118 cm³/mol. The van der Waals surface area contributed by atoms with Crippen molar-refractivity contribution in [2.75, 3.05) is 13.8 Å². The summed E-state index contributed by atoms with van der Waals surface area (Å²) in [4.78, 5) is 15.3. The summed E-state index contributed by atoms with van der Waals surface area (Å²) >= 11 is 0. The number of carbonyl (C=O) groups is 1. The highest BCUT2D eigenvalue weighted by Gasteiger charge is 2.35. The monoisotopic (exact) mass is 431 g/mol. The molecule has 0 bridgehead atoms. The molecule has 3 aromatic carbocycles. The molecule has 0 fully saturated rings. The van der Waals surface area contributed by atoms with Crippen LogP contribution in [0.2, 0.25) is 0 Å². The predicted octanol–water partition coefficient (Wildman–Crippen LogP) is 5.11. The number of ether oxygens (including phenoxy) is 3. The molecule has 0 radical (unpaired) electrons. The van der Waals surface area contributed by atoms with E-state index in [1.165, 1.54) is 12.1 Å². The van der Waals surface area contributed by atoms with Gasteiger partial charge in [0.15, 0.2) is 5.76 Å². The molecule has 32 heavy (non-hydrogen) atoms. The molecule has 0 amide bonds. The van der Waals surface area contributed by atoms with Crippen LogP contribution < -0.4 is 14.2 Å². The van der Waals surface area contributed by atoms with E-state index in [4.69, 9.17) is 14.2 Å². The zero-order valence-electron chi connectivity index (χ0n) is 17.9. The summed E-state index contributed by atoms with van der Waals surface area (Å²) < 4.78 is 30.7. The van der Waals surface area contributed by atoms with Crippen molar-refractivity contribution < 1.29 is 23.4 Å². The Labute approximate surface area is 185 Å². The third-order valence-electron chi connectivity index (χ3n) is 5.73. The number of hydrogen-bond acceptors (Lipinski definition) is 5. The van der Waals surface area contributed by atoms with Gasteiger partial charge in [0.05, 0.1) is 18.2 Å². The van der Waals surface area contributed by atoms with Crippen molar-refractivity contribution >= 4 is 11.9 Å². The molecular weight excluding hydrogens is 409 g/mol. The van der Waals surface area contributed by atoms with Crippen LogP contribution in [0.4, 0.5) is 4.39 Å². The number of rotatable bonds is 4. The number of ketones is 1. The fourth-order valence-corrected chi connectivity index (χ4v) is 4.15. The number of Topliss-reactive ketones (excluding diaryl/α,β-unsaturated/α-hetero) is 1. The molecule has 2 aliphatic heterocycles. The highest BCUT2D eigenvalue weighted by atomic mass is 19.1. The van der Waals surface area contributed by atoms with E-state index in [2.05, 4.69) is 4.90 Å². The molecule has 0 saturated carbocycles. The first-order chi connectivity index (χ1) is 15.5. The summed E-state index contributed by atoms with van der Waals surface area (Å²) in [5.74, 6) is 1.79. The zero-order valence-corrected chi connectivity index (χ0v) is 17.9. The number of nitrogens with zero attached hydrogens (tertiary/aromatic N) is 1. The van der Waals surface area contributed by atoms with Crippen LogP contribution in [-0.2, 0) is 13.1 Å². The van der Waals surface area contributed by atoms with E-state index < -0.39 is 0 Å². The summed E-state index contributed by atoms with van der Waals surface area (Å²) in [6, 6.07) is 15.8.